The molecule has 35 heavy (non-hydrogen) atoms. The molecule has 0 spiro atoms. The molecule has 0 bridgehead atoms. The van der Waals surface area contributed by atoms with Gasteiger partial charge in [0.15, 0.2) is 4.47 Å². The Morgan fingerprint density at radius 1 is 1.11 bits per heavy atom. The predicted octanol–water partition coefficient (Wildman–Crippen LogP) is 7.54. The van der Waals surface area contributed by atoms with E-state index in [1.807, 2.05) is 30.3 Å². The highest BCUT2D eigenvalue weighted by molar-refractivity contribution is 7.15. The van der Waals surface area contributed by atoms with Gasteiger partial charge in [-0.15, -0.1) is 11.3 Å². The van der Waals surface area contributed by atoms with Crippen LogP contribution >= 0.6 is 57.7 Å². The van der Waals surface area contributed by atoms with Crippen molar-refractivity contribution < 1.29 is 4.79 Å². The van der Waals surface area contributed by atoms with Crippen LogP contribution in [0.15, 0.2) is 48.7 Å². The van der Waals surface area contributed by atoms with E-state index < -0.39 is 0 Å². The second-order valence-electron chi connectivity index (χ2n) is 8.22. The van der Waals surface area contributed by atoms with Crippen LogP contribution in [0.5, 0.6) is 0 Å². The van der Waals surface area contributed by atoms with Crippen LogP contribution < -0.4 is 5.32 Å². The first-order valence-electron chi connectivity index (χ1n) is 10.9. The fourth-order valence-corrected chi connectivity index (χ4v) is 5.68. The summed E-state index contributed by atoms with van der Waals surface area (Å²) in [7, 11) is 0. The molecule has 1 amide bonds. The average Bonchev–Trinajstić information content (AvgIpc) is 3.39. The van der Waals surface area contributed by atoms with Crippen LogP contribution in [0, 0.1) is 0 Å². The van der Waals surface area contributed by atoms with Crippen molar-refractivity contribution in [3.63, 3.8) is 0 Å². The van der Waals surface area contributed by atoms with Gasteiger partial charge in [-0.05, 0) is 35.4 Å². The second-order valence-corrected chi connectivity index (χ2v) is 11.2. The highest BCUT2D eigenvalue weighted by Gasteiger charge is 2.27. The van der Waals surface area contributed by atoms with Gasteiger partial charge in [0.2, 0.25) is 0 Å². The molecule has 0 saturated heterocycles. The topological polar surface area (TPSA) is 50.2 Å². The minimum atomic E-state index is -0.213. The van der Waals surface area contributed by atoms with Crippen LogP contribution in [0.3, 0.4) is 0 Å². The Hall–Kier alpha value is -2.06. The van der Waals surface area contributed by atoms with E-state index in [1.54, 1.807) is 16.8 Å². The number of carbonyl (C=O) groups is 1. The van der Waals surface area contributed by atoms with Crippen molar-refractivity contribution in [3.8, 4) is 0 Å². The van der Waals surface area contributed by atoms with Gasteiger partial charge >= 0.3 is 6.03 Å². The van der Waals surface area contributed by atoms with E-state index in [-0.39, 0.29) is 6.03 Å². The minimum absolute atomic E-state index is 0.213. The van der Waals surface area contributed by atoms with Crippen molar-refractivity contribution in [1.82, 2.24) is 19.8 Å². The van der Waals surface area contributed by atoms with Crippen molar-refractivity contribution in [2.75, 3.05) is 13.1 Å². The fraction of sp³-hybridized carbons (Fsp3) is 0.200. The summed E-state index contributed by atoms with van der Waals surface area (Å²) in [5.41, 5.74) is 3.93. The number of fused-ring (bicyclic) bond motifs is 3. The van der Waals surface area contributed by atoms with Crippen LogP contribution in [-0.2, 0) is 19.5 Å². The van der Waals surface area contributed by atoms with E-state index >= 15 is 0 Å². The van der Waals surface area contributed by atoms with Gasteiger partial charge in [0, 0.05) is 53.2 Å². The van der Waals surface area contributed by atoms with Gasteiger partial charge in [-0.25, -0.2) is 9.78 Å². The Kier molecular flexibility index (Phi) is 7.39. The van der Waals surface area contributed by atoms with Crippen LogP contribution in [0.4, 0.5) is 4.79 Å². The molecule has 0 unspecified atom stereocenters. The number of nitrogens with one attached hydrogen (secondary N) is 1. The monoisotopic (exact) mass is 564 g/mol. The van der Waals surface area contributed by atoms with Crippen LogP contribution in [0.1, 0.15) is 21.7 Å². The van der Waals surface area contributed by atoms with Crippen LogP contribution in [0.2, 0.25) is 19.5 Å². The van der Waals surface area contributed by atoms with Gasteiger partial charge in [0.05, 0.1) is 22.1 Å². The first kappa shape index (κ1) is 24.6. The third-order valence-corrected chi connectivity index (χ3v) is 8.04. The molecule has 4 aromatic rings. The Bertz CT molecular complexity index is 1430. The molecule has 1 N–H and O–H groups in total. The van der Waals surface area contributed by atoms with Crippen molar-refractivity contribution in [2.45, 2.75) is 19.5 Å². The molecule has 0 saturated carbocycles. The van der Waals surface area contributed by atoms with Crippen LogP contribution in [-0.4, -0.2) is 33.6 Å². The molecule has 1 aliphatic rings. The molecule has 0 atom stereocenters. The SMILES string of the molecule is O=C(NCc1cnc(Cl)s1)n1c2c(c3cc(Cl)c(Cl)cc31)CN(C/C=C/c1ccc(Cl)cc1)CC2. The molecule has 10 heteroatoms. The van der Waals surface area contributed by atoms with Crippen molar-refractivity contribution >= 4 is 80.8 Å². The lowest BCUT2D eigenvalue weighted by molar-refractivity contribution is 0.240. The zero-order chi connectivity index (χ0) is 24.5. The standard InChI is InChI=1S/C25H20Cl4N4OS/c26-16-5-3-15(4-6-16)2-1-8-32-9-7-22-19(14-32)18-10-20(27)21(28)11-23(18)33(22)25(34)31-13-17-12-30-24(29)35-17/h1-6,10-12H,7-9,13-14H2,(H,31,34)/b2-1+. The number of hydrogen-bond donors (Lipinski definition) is 1. The number of hydrogen-bond acceptors (Lipinski definition) is 4. The van der Waals surface area contributed by atoms with E-state index in [0.717, 1.165) is 57.1 Å². The summed E-state index contributed by atoms with van der Waals surface area (Å²) in [4.78, 5) is 20.6. The summed E-state index contributed by atoms with van der Waals surface area (Å²) in [5.74, 6) is 0. The smallest absolute Gasteiger partial charge is 0.326 e. The number of nitrogens with zero attached hydrogens (tertiary/aromatic N) is 3. The number of aromatic nitrogens is 2. The van der Waals surface area contributed by atoms with Gasteiger partial charge in [-0.2, -0.15) is 0 Å². The minimum Gasteiger partial charge on any atom is -0.332 e. The molecule has 5 rings (SSSR count). The van der Waals surface area contributed by atoms with Gasteiger partial charge in [0.25, 0.3) is 0 Å². The molecule has 2 aromatic carbocycles. The zero-order valence-corrected chi connectivity index (χ0v) is 22.2. The third kappa shape index (κ3) is 5.38. The number of benzene rings is 2. The van der Waals surface area contributed by atoms with Crippen LogP contribution in [0.25, 0.3) is 17.0 Å². The molecule has 180 valence electrons. The largest absolute Gasteiger partial charge is 0.332 e. The first-order chi connectivity index (χ1) is 16.9. The predicted molar refractivity (Wildman–Crippen MR) is 146 cm³/mol. The van der Waals surface area contributed by atoms with Gasteiger partial charge in [-0.3, -0.25) is 9.47 Å². The lowest BCUT2D eigenvalue weighted by atomic mass is 10.0. The number of halogens is 4. The van der Waals surface area contributed by atoms with Gasteiger partial charge in [0.1, 0.15) is 0 Å². The average molecular weight is 566 g/mol. The zero-order valence-electron chi connectivity index (χ0n) is 18.4. The highest BCUT2D eigenvalue weighted by atomic mass is 35.5. The van der Waals surface area contributed by atoms with Gasteiger partial charge in [-0.1, -0.05) is 70.7 Å². The summed E-state index contributed by atoms with van der Waals surface area (Å²) in [6.07, 6.45) is 6.63. The summed E-state index contributed by atoms with van der Waals surface area (Å²) < 4.78 is 2.18. The number of amides is 1. The second kappa shape index (κ2) is 10.5. The molecular weight excluding hydrogens is 546 g/mol. The maximum atomic E-state index is 13.3. The van der Waals surface area contributed by atoms with E-state index in [2.05, 4.69) is 27.4 Å². The number of thiazole rings is 1. The van der Waals surface area contributed by atoms with Crippen molar-refractivity contribution in [3.05, 3.63) is 89.9 Å². The quantitative estimate of drug-likeness (QED) is 0.272. The van der Waals surface area contributed by atoms with Crippen molar-refractivity contribution in [2.24, 2.45) is 0 Å². The molecule has 0 aliphatic carbocycles. The van der Waals surface area contributed by atoms with E-state index in [1.165, 1.54) is 11.3 Å². The molecular formula is C25H20Cl4N4OS. The summed E-state index contributed by atoms with van der Waals surface area (Å²) in [6.45, 7) is 2.67. The Balaban J connectivity index is 1.40. The molecule has 0 radical (unpaired) electrons. The first-order valence-corrected chi connectivity index (χ1v) is 13.3. The van der Waals surface area contributed by atoms with E-state index in [9.17, 15) is 4.79 Å². The lowest BCUT2D eigenvalue weighted by Gasteiger charge is -2.27. The lowest BCUT2D eigenvalue weighted by Crippen LogP contribution is -2.34. The fourth-order valence-electron chi connectivity index (χ4n) is 4.31. The Labute approximate surface area is 226 Å². The Morgan fingerprint density at radius 3 is 2.63 bits per heavy atom. The van der Waals surface area contributed by atoms with E-state index in [4.69, 9.17) is 46.4 Å². The molecule has 0 fully saturated rings. The highest BCUT2D eigenvalue weighted by Crippen LogP contribution is 2.36. The summed E-state index contributed by atoms with van der Waals surface area (Å²) in [5, 5.41) is 5.54. The normalized spacial score (nSPS) is 14.1. The molecule has 5 nitrogen and oxygen atoms in total. The van der Waals surface area contributed by atoms with Gasteiger partial charge < -0.3 is 5.32 Å². The molecule has 1 aliphatic heterocycles. The molecule has 3 heterocycles. The number of carbonyl (C=O) groups excluding carboxylic acids is 1. The maximum Gasteiger partial charge on any atom is 0.326 e. The summed E-state index contributed by atoms with van der Waals surface area (Å²) >= 11 is 25.9. The summed E-state index contributed by atoms with van der Waals surface area (Å²) in [6, 6.07) is 11.2. The maximum absolute atomic E-state index is 13.3. The van der Waals surface area contributed by atoms with Crippen molar-refractivity contribution in [1.29, 1.82) is 0 Å². The molecule has 2 aromatic heterocycles. The van der Waals surface area contributed by atoms with E-state index in [0.29, 0.717) is 27.6 Å². The third-order valence-electron chi connectivity index (χ3n) is 5.96. The number of rotatable bonds is 5. The Morgan fingerprint density at radius 2 is 1.89 bits per heavy atom.